The molecule has 20 heavy (non-hydrogen) atoms. The predicted molar refractivity (Wildman–Crippen MR) is 92.1 cm³/mol. The van der Waals surface area contributed by atoms with Gasteiger partial charge in [-0.1, -0.05) is 18.9 Å². The molecule has 118 valence electrons. The summed E-state index contributed by atoms with van der Waals surface area (Å²) in [4.78, 5) is 0. The van der Waals surface area contributed by atoms with Gasteiger partial charge in [-0.05, 0) is 78.6 Å². The van der Waals surface area contributed by atoms with Crippen LogP contribution in [0.5, 0.6) is 0 Å². The van der Waals surface area contributed by atoms with E-state index in [4.69, 9.17) is 11.6 Å². The summed E-state index contributed by atoms with van der Waals surface area (Å²) in [7, 11) is -1.61. The van der Waals surface area contributed by atoms with E-state index in [1.165, 1.54) is 16.4 Å². The Kier molecular flexibility index (Phi) is 7.00. The van der Waals surface area contributed by atoms with Crippen LogP contribution >= 0.6 is 18.9 Å². The number of halogens is 1. The summed E-state index contributed by atoms with van der Waals surface area (Å²) >= 11 is 6.46. The topological polar surface area (TPSA) is 0 Å². The Bertz CT molecular complexity index is 421. The van der Waals surface area contributed by atoms with Crippen LogP contribution in [-0.4, -0.2) is 10.3 Å². The van der Waals surface area contributed by atoms with Crippen molar-refractivity contribution in [1.82, 2.24) is 0 Å². The second-order valence-corrected chi connectivity index (χ2v) is 12.9. The van der Waals surface area contributed by atoms with Crippen molar-refractivity contribution in [3.63, 3.8) is 0 Å². The van der Waals surface area contributed by atoms with Gasteiger partial charge in [0.1, 0.15) is 0 Å². The fourth-order valence-electron chi connectivity index (χ4n) is 3.28. The molecule has 0 N–H and O–H groups in total. The van der Waals surface area contributed by atoms with Crippen molar-refractivity contribution in [2.75, 3.05) is 0 Å². The zero-order valence-electron chi connectivity index (χ0n) is 14.0. The third-order valence-electron chi connectivity index (χ3n) is 3.88. The molecule has 1 aromatic carbocycles. The molecule has 0 nitrogen and oxygen atoms in total. The van der Waals surface area contributed by atoms with Crippen LogP contribution in [0.15, 0.2) is 18.2 Å². The molecule has 0 aliphatic carbocycles. The molecule has 3 heteroatoms. The SMILES string of the molecule is Cc1cc(C)cc([P+]([CH-]Cl)(C(C)(C)C)C(C)(C)C)c1.[Pd]. The van der Waals surface area contributed by atoms with Crippen molar-refractivity contribution in [1.29, 1.82) is 0 Å². The maximum absolute atomic E-state index is 6.46. The Balaban J connectivity index is 0.00000361. The van der Waals surface area contributed by atoms with E-state index in [1.54, 1.807) is 0 Å². The summed E-state index contributed by atoms with van der Waals surface area (Å²) in [6.07, 6.45) is 0. The first-order valence-corrected chi connectivity index (χ1v) is 9.17. The molecule has 0 spiro atoms. The number of aryl methyl sites for hydroxylation is 2. The molecule has 0 radical (unpaired) electrons. The summed E-state index contributed by atoms with van der Waals surface area (Å²) in [5, 5.41) is 1.75. The van der Waals surface area contributed by atoms with Gasteiger partial charge in [-0.25, -0.2) is 0 Å². The Morgan fingerprint density at radius 1 is 0.850 bits per heavy atom. The molecule has 0 aromatic heterocycles. The molecule has 0 heterocycles. The fraction of sp³-hybridized carbons (Fsp3) is 0.588. The van der Waals surface area contributed by atoms with Crippen LogP contribution in [-0.2, 0) is 20.4 Å². The van der Waals surface area contributed by atoms with Crippen molar-refractivity contribution in [2.24, 2.45) is 0 Å². The van der Waals surface area contributed by atoms with Crippen LogP contribution in [0, 0.1) is 19.5 Å². The van der Waals surface area contributed by atoms with Gasteiger partial charge in [-0.3, -0.25) is 0 Å². The molecule has 0 saturated heterocycles. The fourth-order valence-corrected chi connectivity index (χ4v) is 10.5. The minimum Gasteiger partial charge on any atom is -0.304 e. The van der Waals surface area contributed by atoms with E-state index in [2.05, 4.69) is 73.6 Å². The van der Waals surface area contributed by atoms with E-state index < -0.39 is 7.26 Å². The third-order valence-corrected chi connectivity index (χ3v) is 10.4. The van der Waals surface area contributed by atoms with Gasteiger partial charge in [0.25, 0.3) is 0 Å². The standard InChI is InChI=1S/C17H28ClP.Pd/c1-13-9-14(2)11-15(10-13)19(12-18,16(3,4)5)17(6,7)8;/h9-12H,1-8H3;. The van der Waals surface area contributed by atoms with Crippen LogP contribution < -0.4 is 5.30 Å². The minimum atomic E-state index is -1.61. The second kappa shape index (κ2) is 6.79. The van der Waals surface area contributed by atoms with Crippen LogP contribution in [0.1, 0.15) is 52.7 Å². The van der Waals surface area contributed by atoms with Crippen molar-refractivity contribution < 1.29 is 20.4 Å². The van der Waals surface area contributed by atoms with E-state index in [1.807, 2.05) is 5.62 Å². The van der Waals surface area contributed by atoms with Crippen molar-refractivity contribution in [2.45, 2.75) is 65.7 Å². The van der Waals surface area contributed by atoms with Gasteiger partial charge in [0.2, 0.25) is 0 Å². The van der Waals surface area contributed by atoms with Gasteiger partial charge in [-0.15, -0.1) is 0 Å². The van der Waals surface area contributed by atoms with Crippen LogP contribution in [0.3, 0.4) is 0 Å². The Hall–Kier alpha value is 0.602. The predicted octanol–water partition coefficient (Wildman–Crippen LogP) is 5.90. The van der Waals surface area contributed by atoms with E-state index >= 15 is 0 Å². The molecule has 1 rings (SSSR count). The average molecular weight is 405 g/mol. The van der Waals surface area contributed by atoms with Gasteiger partial charge < -0.3 is 11.6 Å². The third kappa shape index (κ3) is 3.68. The van der Waals surface area contributed by atoms with Gasteiger partial charge in [-0.2, -0.15) is 0 Å². The summed E-state index contributed by atoms with van der Waals surface area (Å²) in [6, 6.07) is 6.89. The van der Waals surface area contributed by atoms with Gasteiger partial charge in [0.05, 0.1) is 15.6 Å². The molecule has 0 unspecified atom stereocenters. The number of benzene rings is 1. The number of hydrogen-bond acceptors (Lipinski definition) is 0. The molecule has 0 bridgehead atoms. The van der Waals surface area contributed by atoms with E-state index in [0.29, 0.717) is 0 Å². The zero-order valence-corrected chi connectivity index (χ0v) is 17.2. The molecule has 0 amide bonds. The summed E-state index contributed by atoms with van der Waals surface area (Å²) in [6.45, 7) is 18.3. The van der Waals surface area contributed by atoms with Crippen molar-refractivity contribution in [3.8, 4) is 0 Å². The van der Waals surface area contributed by atoms with E-state index in [0.717, 1.165) is 0 Å². The van der Waals surface area contributed by atoms with E-state index in [-0.39, 0.29) is 30.7 Å². The van der Waals surface area contributed by atoms with Crippen molar-refractivity contribution in [3.05, 3.63) is 34.9 Å². The molecular weight excluding hydrogens is 377 g/mol. The second-order valence-electron chi connectivity index (χ2n) is 7.51. The Labute approximate surface area is 145 Å². The quantitative estimate of drug-likeness (QED) is 0.327. The molecule has 0 fully saturated rings. The molecular formula is C17H28ClPPd. The van der Waals surface area contributed by atoms with Gasteiger partial charge >= 0.3 is 0 Å². The number of rotatable bonds is 2. The van der Waals surface area contributed by atoms with Crippen molar-refractivity contribution >= 4 is 24.2 Å². The minimum absolute atomic E-state index is 0. The first kappa shape index (κ1) is 20.6. The smallest absolute Gasteiger partial charge is 0.0675 e. The summed E-state index contributed by atoms with van der Waals surface area (Å²) in [5.74, 6) is 0. The monoisotopic (exact) mass is 404 g/mol. The summed E-state index contributed by atoms with van der Waals surface area (Å²) < 4.78 is 0. The van der Waals surface area contributed by atoms with E-state index in [9.17, 15) is 0 Å². The molecule has 1 aromatic rings. The first-order chi connectivity index (χ1) is 8.45. The molecule has 0 atom stereocenters. The Morgan fingerprint density at radius 3 is 1.45 bits per heavy atom. The van der Waals surface area contributed by atoms with Gasteiger partial charge in [0, 0.05) is 20.4 Å². The average Bonchev–Trinajstić information content (AvgIpc) is 2.12. The maximum Gasteiger partial charge on any atom is 0.0675 e. The number of hydrogen-bond donors (Lipinski definition) is 0. The molecule has 0 saturated carbocycles. The van der Waals surface area contributed by atoms with Crippen LogP contribution in [0.4, 0.5) is 0 Å². The first-order valence-electron chi connectivity index (χ1n) is 6.88. The molecule has 0 aliphatic heterocycles. The molecule has 0 aliphatic rings. The zero-order chi connectivity index (χ0) is 15.1. The normalized spacial score (nSPS) is 13.1. The maximum atomic E-state index is 6.46. The van der Waals surface area contributed by atoms with Crippen LogP contribution in [0.2, 0.25) is 0 Å². The largest absolute Gasteiger partial charge is 0.304 e. The summed E-state index contributed by atoms with van der Waals surface area (Å²) in [5.41, 5.74) is 4.65. The van der Waals surface area contributed by atoms with Crippen LogP contribution in [0.25, 0.3) is 0 Å². The Morgan fingerprint density at radius 2 is 1.20 bits per heavy atom. The van der Waals surface area contributed by atoms with Gasteiger partial charge in [0.15, 0.2) is 0 Å².